The Morgan fingerprint density at radius 1 is 1.33 bits per heavy atom. The van der Waals surface area contributed by atoms with Crippen molar-refractivity contribution in [3.05, 3.63) is 21.3 Å². The second-order valence-electron chi connectivity index (χ2n) is 5.59. The summed E-state index contributed by atoms with van der Waals surface area (Å²) in [7, 11) is 0. The van der Waals surface area contributed by atoms with Crippen LogP contribution in [-0.4, -0.2) is 37.1 Å². The molecule has 1 aromatic rings. The molecule has 1 unspecified atom stereocenters. The number of halogens is 1. The molecule has 0 bridgehead atoms. The SMILES string of the molecule is Clc1ccc(CCN2CCC(CNC3CC3)C2)s1. The third-order valence-corrected chi connectivity index (χ3v) is 5.24. The maximum absolute atomic E-state index is 5.95. The Morgan fingerprint density at radius 2 is 2.22 bits per heavy atom. The summed E-state index contributed by atoms with van der Waals surface area (Å²) in [5, 5.41) is 3.65. The highest BCUT2D eigenvalue weighted by Crippen LogP contribution is 2.24. The maximum atomic E-state index is 5.95. The van der Waals surface area contributed by atoms with Gasteiger partial charge in [0, 0.05) is 24.0 Å². The fourth-order valence-electron chi connectivity index (χ4n) is 2.66. The van der Waals surface area contributed by atoms with Crippen LogP contribution in [0.2, 0.25) is 4.34 Å². The van der Waals surface area contributed by atoms with Gasteiger partial charge in [0.1, 0.15) is 0 Å². The molecule has 100 valence electrons. The zero-order chi connectivity index (χ0) is 12.4. The first kappa shape index (κ1) is 12.9. The Balaban J connectivity index is 1.36. The summed E-state index contributed by atoms with van der Waals surface area (Å²) in [5.74, 6) is 0.873. The molecule has 1 N–H and O–H groups in total. The molecule has 0 aromatic carbocycles. The van der Waals surface area contributed by atoms with Gasteiger partial charge in [-0.15, -0.1) is 11.3 Å². The normalized spacial score (nSPS) is 24.8. The average molecular weight is 285 g/mol. The van der Waals surface area contributed by atoms with Gasteiger partial charge in [-0.25, -0.2) is 0 Å². The summed E-state index contributed by atoms with van der Waals surface area (Å²) in [6, 6.07) is 5.02. The van der Waals surface area contributed by atoms with Gasteiger partial charge in [-0.05, 0) is 56.8 Å². The molecular formula is C14H21ClN2S. The van der Waals surface area contributed by atoms with Crippen LogP contribution in [0.3, 0.4) is 0 Å². The van der Waals surface area contributed by atoms with Crippen LogP contribution in [0.5, 0.6) is 0 Å². The summed E-state index contributed by atoms with van der Waals surface area (Å²) in [5.41, 5.74) is 0. The molecule has 0 amide bonds. The molecule has 1 atom stereocenters. The Labute approximate surface area is 118 Å². The van der Waals surface area contributed by atoms with E-state index in [1.54, 1.807) is 11.3 Å². The minimum Gasteiger partial charge on any atom is -0.314 e. The van der Waals surface area contributed by atoms with E-state index in [9.17, 15) is 0 Å². The van der Waals surface area contributed by atoms with Gasteiger partial charge in [0.2, 0.25) is 0 Å². The third-order valence-electron chi connectivity index (χ3n) is 3.95. The van der Waals surface area contributed by atoms with Crippen molar-refractivity contribution >= 4 is 22.9 Å². The lowest BCUT2D eigenvalue weighted by molar-refractivity contribution is 0.326. The number of nitrogens with zero attached hydrogens (tertiary/aromatic N) is 1. The van der Waals surface area contributed by atoms with Crippen LogP contribution in [0.15, 0.2) is 12.1 Å². The monoisotopic (exact) mass is 284 g/mol. The summed E-state index contributed by atoms with van der Waals surface area (Å²) >= 11 is 7.67. The predicted octanol–water partition coefficient (Wildman–Crippen LogP) is 3.02. The lowest BCUT2D eigenvalue weighted by Gasteiger charge is -2.15. The first-order valence-electron chi connectivity index (χ1n) is 6.99. The van der Waals surface area contributed by atoms with Gasteiger partial charge < -0.3 is 10.2 Å². The van der Waals surface area contributed by atoms with Crippen molar-refractivity contribution < 1.29 is 0 Å². The van der Waals surface area contributed by atoms with E-state index < -0.39 is 0 Å². The summed E-state index contributed by atoms with van der Waals surface area (Å²) in [6.07, 6.45) is 5.32. The molecule has 2 fully saturated rings. The van der Waals surface area contributed by atoms with E-state index >= 15 is 0 Å². The topological polar surface area (TPSA) is 15.3 Å². The smallest absolute Gasteiger partial charge is 0.0931 e. The molecule has 18 heavy (non-hydrogen) atoms. The summed E-state index contributed by atoms with van der Waals surface area (Å²) in [4.78, 5) is 4.02. The van der Waals surface area contributed by atoms with Crippen LogP contribution < -0.4 is 5.32 Å². The zero-order valence-electron chi connectivity index (χ0n) is 10.7. The predicted molar refractivity (Wildman–Crippen MR) is 78.6 cm³/mol. The molecule has 1 saturated heterocycles. The number of thiophene rings is 1. The molecule has 2 nitrogen and oxygen atoms in total. The van der Waals surface area contributed by atoms with E-state index in [1.165, 1.54) is 50.3 Å². The third kappa shape index (κ3) is 3.70. The lowest BCUT2D eigenvalue weighted by Crippen LogP contribution is -2.28. The van der Waals surface area contributed by atoms with E-state index in [0.29, 0.717) is 0 Å². The number of likely N-dealkylation sites (tertiary alicyclic amines) is 1. The molecule has 3 rings (SSSR count). The first-order valence-corrected chi connectivity index (χ1v) is 8.19. The van der Waals surface area contributed by atoms with Gasteiger partial charge in [-0.3, -0.25) is 0 Å². The van der Waals surface area contributed by atoms with E-state index in [0.717, 1.165) is 22.7 Å². The van der Waals surface area contributed by atoms with E-state index in [2.05, 4.69) is 16.3 Å². The second kappa shape index (κ2) is 5.91. The Morgan fingerprint density at radius 3 is 2.94 bits per heavy atom. The number of rotatable bonds is 6. The van der Waals surface area contributed by atoms with Crippen molar-refractivity contribution in [1.29, 1.82) is 0 Å². The van der Waals surface area contributed by atoms with Crippen molar-refractivity contribution in [3.8, 4) is 0 Å². The van der Waals surface area contributed by atoms with E-state index in [4.69, 9.17) is 11.6 Å². The first-order chi connectivity index (χ1) is 8.79. The zero-order valence-corrected chi connectivity index (χ0v) is 12.3. The van der Waals surface area contributed by atoms with Crippen LogP contribution in [0, 0.1) is 5.92 Å². The van der Waals surface area contributed by atoms with Crippen molar-refractivity contribution in [2.45, 2.75) is 31.7 Å². The fraction of sp³-hybridized carbons (Fsp3) is 0.714. The van der Waals surface area contributed by atoms with E-state index in [-0.39, 0.29) is 0 Å². The van der Waals surface area contributed by atoms with Gasteiger partial charge >= 0.3 is 0 Å². The van der Waals surface area contributed by atoms with E-state index in [1.807, 2.05) is 6.07 Å². The van der Waals surface area contributed by atoms with Gasteiger partial charge in [-0.2, -0.15) is 0 Å². The quantitative estimate of drug-likeness (QED) is 0.864. The van der Waals surface area contributed by atoms with Crippen molar-refractivity contribution in [2.24, 2.45) is 5.92 Å². The fourth-order valence-corrected chi connectivity index (χ4v) is 3.73. The van der Waals surface area contributed by atoms with Crippen LogP contribution in [0.4, 0.5) is 0 Å². The molecule has 0 radical (unpaired) electrons. The van der Waals surface area contributed by atoms with Crippen LogP contribution in [0.1, 0.15) is 24.1 Å². The van der Waals surface area contributed by atoms with Crippen molar-refractivity contribution in [1.82, 2.24) is 10.2 Å². The number of nitrogens with one attached hydrogen (secondary N) is 1. The Kier molecular flexibility index (Phi) is 4.24. The van der Waals surface area contributed by atoms with Gasteiger partial charge in [0.25, 0.3) is 0 Å². The molecule has 1 aromatic heterocycles. The number of hydrogen-bond donors (Lipinski definition) is 1. The molecule has 4 heteroatoms. The molecule has 1 saturated carbocycles. The molecule has 0 spiro atoms. The summed E-state index contributed by atoms with van der Waals surface area (Å²) in [6.45, 7) is 4.97. The van der Waals surface area contributed by atoms with Crippen molar-refractivity contribution in [2.75, 3.05) is 26.2 Å². The lowest BCUT2D eigenvalue weighted by atomic mass is 10.1. The maximum Gasteiger partial charge on any atom is 0.0931 e. The van der Waals surface area contributed by atoms with Gasteiger partial charge in [0.15, 0.2) is 0 Å². The van der Waals surface area contributed by atoms with Crippen LogP contribution in [-0.2, 0) is 6.42 Å². The highest BCUT2D eigenvalue weighted by atomic mass is 35.5. The number of hydrogen-bond acceptors (Lipinski definition) is 3. The van der Waals surface area contributed by atoms with Gasteiger partial charge in [-0.1, -0.05) is 11.6 Å². The highest BCUT2D eigenvalue weighted by Gasteiger charge is 2.25. The molecule has 2 aliphatic rings. The molecular weight excluding hydrogens is 264 g/mol. The van der Waals surface area contributed by atoms with Crippen molar-refractivity contribution in [3.63, 3.8) is 0 Å². The second-order valence-corrected chi connectivity index (χ2v) is 7.39. The minimum atomic E-state index is 0.854. The van der Waals surface area contributed by atoms with Crippen LogP contribution >= 0.6 is 22.9 Å². The minimum absolute atomic E-state index is 0.854. The Hall–Kier alpha value is -0.0900. The molecule has 1 aliphatic heterocycles. The highest BCUT2D eigenvalue weighted by molar-refractivity contribution is 7.16. The molecule has 2 heterocycles. The molecule has 1 aliphatic carbocycles. The van der Waals surface area contributed by atoms with Crippen LogP contribution in [0.25, 0.3) is 0 Å². The standard InChI is InChI=1S/C14H21ClN2S/c15-14-4-3-13(18-14)6-8-17-7-5-11(10-17)9-16-12-1-2-12/h3-4,11-12,16H,1-2,5-10H2. The van der Waals surface area contributed by atoms with Gasteiger partial charge in [0.05, 0.1) is 4.34 Å². The Bertz CT molecular complexity index is 389. The summed E-state index contributed by atoms with van der Waals surface area (Å²) < 4.78 is 0.915. The largest absolute Gasteiger partial charge is 0.314 e. The average Bonchev–Trinajstić information content (AvgIpc) is 2.93.